The molecule has 2 amide bonds. The Morgan fingerprint density at radius 2 is 1.86 bits per heavy atom. The Bertz CT molecular complexity index is 706. The molecular formula is C18H20N2O. The Kier molecular flexibility index (Phi) is 3.42. The van der Waals surface area contributed by atoms with Crippen molar-refractivity contribution in [1.82, 2.24) is 4.90 Å². The molecule has 3 heteroatoms. The van der Waals surface area contributed by atoms with Gasteiger partial charge in [-0.05, 0) is 49.1 Å². The minimum Gasteiger partial charge on any atom is -0.316 e. The predicted octanol–water partition coefficient (Wildman–Crippen LogP) is 4.16. The number of amides is 2. The number of hydrogen-bond donors (Lipinski definition) is 1. The fourth-order valence-electron chi connectivity index (χ4n) is 2.88. The van der Waals surface area contributed by atoms with E-state index in [1.54, 1.807) is 0 Å². The summed E-state index contributed by atoms with van der Waals surface area (Å²) in [5.74, 6) is 0. The molecule has 0 saturated heterocycles. The first-order valence-electron chi connectivity index (χ1n) is 7.25. The standard InChI is InChI=1S/C18H20N2O/c1-12-7-8-17(14(3)9-12)19-18(21)20-10-15-6-4-5-13(2)16(15)11-20/h4-9H,10-11H2,1-3H3,(H,19,21). The van der Waals surface area contributed by atoms with Gasteiger partial charge in [0.1, 0.15) is 0 Å². The van der Waals surface area contributed by atoms with E-state index in [-0.39, 0.29) is 6.03 Å². The molecule has 0 aromatic heterocycles. The molecule has 1 aliphatic heterocycles. The van der Waals surface area contributed by atoms with Gasteiger partial charge >= 0.3 is 6.03 Å². The van der Waals surface area contributed by atoms with E-state index >= 15 is 0 Å². The van der Waals surface area contributed by atoms with E-state index in [1.807, 2.05) is 24.0 Å². The Balaban J connectivity index is 1.75. The van der Waals surface area contributed by atoms with Crippen LogP contribution in [-0.2, 0) is 13.1 Å². The molecule has 108 valence electrons. The van der Waals surface area contributed by atoms with Crippen LogP contribution in [0.25, 0.3) is 0 Å². The van der Waals surface area contributed by atoms with Crippen molar-refractivity contribution in [1.29, 1.82) is 0 Å². The quantitative estimate of drug-likeness (QED) is 0.835. The van der Waals surface area contributed by atoms with Gasteiger partial charge in [-0.25, -0.2) is 4.79 Å². The van der Waals surface area contributed by atoms with Crippen LogP contribution in [-0.4, -0.2) is 10.9 Å². The molecule has 0 spiro atoms. The molecule has 0 radical (unpaired) electrons. The Hall–Kier alpha value is -2.29. The number of fused-ring (bicyclic) bond motifs is 1. The van der Waals surface area contributed by atoms with E-state index in [2.05, 4.69) is 43.4 Å². The lowest BCUT2D eigenvalue weighted by Crippen LogP contribution is -2.30. The largest absolute Gasteiger partial charge is 0.322 e. The number of rotatable bonds is 1. The van der Waals surface area contributed by atoms with Gasteiger partial charge in [-0.1, -0.05) is 35.9 Å². The van der Waals surface area contributed by atoms with Crippen molar-refractivity contribution in [3.63, 3.8) is 0 Å². The summed E-state index contributed by atoms with van der Waals surface area (Å²) in [6.45, 7) is 7.56. The molecule has 0 aliphatic carbocycles. The van der Waals surface area contributed by atoms with Crippen LogP contribution in [0.2, 0.25) is 0 Å². The van der Waals surface area contributed by atoms with Gasteiger partial charge < -0.3 is 10.2 Å². The molecular weight excluding hydrogens is 260 g/mol. The third-order valence-electron chi connectivity index (χ3n) is 4.13. The summed E-state index contributed by atoms with van der Waals surface area (Å²) < 4.78 is 0. The third kappa shape index (κ3) is 2.64. The van der Waals surface area contributed by atoms with Crippen molar-refractivity contribution < 1.29 is 4.79 Å². The first kappa shape index (κ1) is 13.7. The number of nitrogens with zero attached hydrogens (tertiary/aromatic N) is 1. The van der Waals surface area contributed by atoms with Gasteiger partial charge in [0.2, 0.25) is 0 Å². The predicted molar refractivity (Wildman–Crippen MR) is 85.4 cm³/mol. The second kappa shape index (κ2) is 5.24. The molecule has 1 N–H and O–H groups in total. The molecule has 0 unspecified atom stereocenters. The SMILES string of the molecule is Cc1ccc(NC(=O)N2Cc3cccc(C)c3C2)c(C)c1. The van der Waals surface area contributed by atoms with Crippen LogP contribution in [0.4, 0.5) is 10.5 Å². The van der Waals surface area contributed by atoms with E-state index in [4.69, 9.17) is 0 Å². The Labute approximate surface area is 125 Å². The van der Waals surface area contributed by atoms with Gasteiger partial charge in [-0.15, -0.1) is 0 Å². The first-order chi connectivity index (χ1) is 10.0. The van der Waals surface area contributed by atoms with Crippen LogP contribution in [0.5, 0.6) is 0 Å². The number of anilines is 1. The van der Waals surface area contributed by atoms with E-state index in [9.17, 15) is 4.79 Å². The molecule has 21 heavy (non-hydrogen) atoms. The lowest BCUT2D eigenvalue weighted by molar-refractivity contribution is 0.212. The van der Waals surface area contributed by atoms with Crippen molar-refractivity contribution in [3.05, 3.63) is 64.2 Å². The number of hydrogen-bond acceptors (Lipinski definition) is 1. The van der Waals surface area contributed by atoms with Gasteiger partial charge in [0, 0.05) is 18.8 Å². The molecule has 0 fully saturated rings. The van der Waals surface area contributed by atoms with Crippen LogP contribution in [0.1, 0.15) is 27.8 Å². The van der Waals surface area contributed by atoms with E-state index in [0.717, 1.165) is 11.3 Å². The molecule has 3 rings (SSSR count). The molecule has 3 nitrogen and oxygen atoms in total. The van der Waals surface area contributed by atoms with E-state index < -0.39 is 0 Å². The summed E-state index contributed by atoms with van der Waals surface area (Å²) >= 11 is 0. The van der Waals surface area contributed by atoms with Crippen LogP contribution >= 0.6 is 0 Å². The monoisotopic (exact) mass is 280 g/mol. The number of urea groups is 1. The van der Waals surface area contributed by atoms with Crippen LogP contribution in [0.15, 0.2) is 36.4 Å². The second-order valence-electron chi connectivity index (χ2n) is 5.82. The molecule has 0 saturated carbocycles. The topological polar surface area (TPSA) is 32.3 Å². The maximum Gasteiger partial charge on any atom is 0.322 e. The maximum atomic E-state index is 12.4. The summed E-state index contributed by atoms with van der Waals surface area (Å²) in [6.07, 6.45) is 0. The summed E-state index contributed by atoms with van der Waals surface area (Å²) in [7, 11) is 0. The normalized spacial score (nSPS) is 13.2. The summed E-state index contributed by atoms with van der Waals surface area (Å²) in [4.78, 5) is 14.3. The fourth-order valence-corrected chi connectivity index (χ4v) is 2.88. The minimum absolute atomic E-state index is 0.0300. The van der Waals surface area contributed by atoms with Gasteiger partial charge in [-0.2, -0.15) is 0 Å². The number of carbonyl (C=O) groups is 1. The average Bonchev–Trinajstić information content (AvgIpc) is 2.87. The number of nitrogens with one attached hydrogen (secondary N) is 1. The summed E-state index contributed by atoms with van der Waals surface area (Å²) in [5, 5.41) is 3.02. The molecule has 0 bridgehead atoms. The van der Waals surface area contributed by atoms with Crippen molar-refractivity contribution >= 4 is 11.7 Å². The highest BCUT2D eigenvalue weighted by Gasteiger charge is 2.24. The van der Waals surface area contributed by atoms with E-state index in [1.165, 1.54) is 22.3 Å². The molecule has 2 aromatic rings. The number of aryl methyl sites for hydroxylation is 3. The zero-order valence-corrected chi connectivity index (χ0v) is 12.7. The Morgan fingerprint density at radius 1 is 1.05 bits per heavy atom. The van der Waals surface area contributed by atoms with Crippen LogP contribution in [0, 0.1) is 20.8 Å². The van der Waals surface area contributed by atoms with Gasteiger partial charge in [0.05, 0.1) is 0 Å². The lowest BCUT2D eigenvalue weighted by Gasteiger charge is -2.17. The van der Waals surface area contributed by atoms with Crippen molar-refractivity contribution in [2.24, 2.45) is 0 Å². The maximum absolute atomic E-state index is 12.4. The fraction of sp³-hybridized carbons (Fsp3) is 0.278. The third-order valence-corrected chi connectivity index (χ3v) is 4.13. The highest BCUT2D eigenvalue weighted by molar-refractivity contribution is 5.90. The smallest absolute Gasteiger partial charge is 0.316 e. The molecule has 2 aromatic carbocycles. The van der Waals surface area contributed by atoms with Crippen molar-refractivity contribution in [3.8, 4) is 0 Å². The zero-order chi connectivity index (χ0) is 15.0. The zero-order valence-electron chi connectivity index (χ0n) is 12.7. The molecule has 1 aliphatic rings. The summed E-state index contributed by atoms with van der Waals surface area (Å²) in [6, 6.07) is 12.3. The second-order valence-corrected chi connectivity index (χ2v) is 5.82. The van der Waals surface area contributed by atoms with Crippen molar-refractivity contribution in [2.45, 2.75) is 33.9 Å². The highest BCUT2D eigenvalue weighted by atomic mass is 16.2. The van der Waals surface area contributed by atoms with Gasteiger partial charge in [0.25, 0.3) is 0 Å². The van der Waals surface area contributed by atoms with Crippen LogP contribution < -0.4 is 5.32 Å². The summed E-state index contributed by atoms with van der Waals surface area (Å²) in [5.41, 5.74) is 6.98. The molecule has 0 atom stereocenters. The average molecular weight is 280 g/mol. The van der Waals surface area contributed by atoms with Gasteiger partial charge in [0.15, 0.2) is 0 Å². The highest BCUT2D eigenvalue weighted by Crippen LogP contribution is 2.26. The van der Waals surface area contributed by atoms with Crippen molar-refractivity contribution in [2.75, 3.05) is 5.32 Å². The van der Waals surface area contributed by atoms with E-state index in [0.29, 0.717) is 13.1 Å². The van der Waals surface area contributed by atoms with Gasteiger partial charge in [-0.3, -0.25) is 0 Å². The minimum atomic E-state index is -0.0300. The first-order valence-corrected chi connectivity index (χ1v) is 7.25. The number of carbonyl (C=O) groups excluding carboxylic acids is 1. The van der Waals surface area contributed by atoms with Crippen LogP contribution in [0.3, 0.4) is 0 Å². The number of benzene rings is 2. The molecule has 1 heterocycles. The Morgan fingerprint density at radius 3 is 2.57 bits per heavy atom. The lowest BCUT2D eigenvalue weighted by atomic mass is 10.1.